The summed E-state index contributed by atoms with van der Waals surface area (Å²) in [4.78, 5) is 4.60. The van der Waals surface area contributed by atoms with E-state index in [1.165, 1.54) is 0 Å². The fraction of sp³-hybridized carbons (Fsp3) is 0.923. The van der Waals surface area contributed by atoms with Crippen LogP contribution < -0.4 is 10.6 Å². The standard InChI is InChI=1S/C13H25N3O3.HI/c1-2-14-13(15-7-11-3-4-17-9-11)16-8-12-10-18-5-6-19-12;/h11-12H,2-10H2,1H3,(H2,14,15,16);1H. The van der Waals surface area contributed by atoms with Gasteiger partial charge in [-0.1, -0.05) is 0 Å². The molecule has 7 heteroatoms. The minimum absolute atomic E-state index is 0. The molecule has 0 saturated carbocycles. The Bertz CT molecular complexity index is 280. The Morgan fingerprint density at radius 3 is 2.65 bits per heavy atom. The summed E-state index contributed by atoms with van der Waals surface area (Å²) in [5, 5.41) is 6.56. The minimum atomic E-state index is 0. The lowest BCUT2D eigenvalue weighted by molar-refractivity contribution is -0.0850. The Hall–Kier alpha value is -0.120. The Balaban J connectivity index is 0.00000200. The number of nitrogens with zero attached hydrogens (tertiary/aromatic N) is 1. The third kappa shape index (κ3) is 6.55. The van der Waals surface area contributed by atoms with E-state index < -0.39 is 0 Å². The van der Waals surface area contributed by atoms with Crippen molar-refractivity contribution in [1.29, 1.82) is 0 Å². The van der Waals surface area contributed by atoms with E-state index in [9.17, 15) is 0 Å². The van der Waals surface area contributed by atoms with E-state index >= 15 is 0 Å². The molecule has 0 aliphatic carbocycles. The molecule has 0 amide bonds. The van der Waals surface area contributed by atoms with Crippen molar-refractivity contribution in [2.45, 2.75) is 19.4 Å². The summed E-state index contributed by atoms with van der Waals surface area (Å²) in [6, 6.07) is 0. The number of halogens is 1. The molecular formula is C13H26IN3O3. The number of rotatable bonds is 5. The van der Waals surface area contributed by atoms with Gasteiger partial charge < -0.3 is 24.8 Å². The van der Waals surface area contributed by atoms with Crippen molar-refractivity contribution in [2.24, 2.45) is 10.9 Å². The predicted molar refractivity (Wildman–Crippen MR) is 88.9 cm³/mol. The first-order chi connectivity index (χ1) is 9.38. The minimum Gasteiger partial charge on any atom is -0.381 e. The first-order valence-electron chi connectivity index (χ1n) is 7.17. The average Bonchev–Trinajstić information content (AvgIpc) is 2.96. The van der Waals surface area contributed by atoms with E-state index in [1.807, 2.05) is 0 Å². The molecule has 118 valence electrons. The second kappa shape index (κ2) is 10.6. The van der Waals surface area contributed by atoms with Crippen LogP contribution in [0.25, 0.3) is 0 Å². The summed E-state index contributed by atoms with van der Waals surface area (Å²) in [5.41, 5.74) is 0. The Kier molecular flexibility index (Phi) is 9.49. The highest BCUT2D eigenvalue weighted by Gasteiger charge is 2.16. The van der Waals surface area contributed by atoms with Crippen LogP contribution >= 0.6 is 24.0 Å². The van der Waals surface area contributed by atoms with Crippen LogP contribution in [0.5, 0.6) is 0 Å². The van der Waals surface area contributed by atoms with Gasteiger partial charge in [-0.2, -0.15) is 0 Å². The molecule has 20 heavy (non-hydrogen) atoms. The lowest BCUT2D eigenvalue weighted by atomic mass is 10.1. The average molecular weight is 399 g/mol. The third-order valence-corrected chi connectivity index (χ3v) is 3.26. The van der Waals surface area contributed by atoms with E-state index in [-0.39, 0.29) is 30.1 Å². The molecule has 2 aliphatic rings. The molecule has 2 unspecified atom stereocenters. The van der Waals surface area contributed by atoms with Crippen molar-refractivity contribution < 1.29 is 14.2 Å². The van der Waals surface area contributed by atoms with Gasteiger partial charge in [-0.25, -0.2) is 0 Å². The summed E-state index contributed by atoms with van der Waals surface area (Å²) >= 11 is 0. The molecule has 2 aliphatic heterocycles. The fourth-order valence-electron chi connectivity index (χ4n) is 2.15. The van der Waals surface area contributed by atoms with Crippen molar-refractivity contribution in [1.82, 2.24) is 10.6 Å². The molecule has 2 N–H and O–H groups in total. The van der Waals surface area contributed by atoms with Gasteiger partial charge in [0, 0.05) is 32.2 Å². The Labute approximate surface area is 138 Å². The molecule has 0 aromatic heterocycles. The zero-order valence-corrected chi connectivity index (χ0v) is 14.4. The number of ether oxygens (including phenoxy) is 3. The number of aliphatic imine (C=N–C) groups is 1. The van der Waals surface area contributed by atoms with Gasteiger partial charge in [-0.15, -0.1) is 24.0 Å². The molecule has 2 fully saturated rings. The molecule has 2 rings (SSSR count). The second-order valence-corrected chi connectivity index (χ2v) is 4.90. The maximum absolute atomic E-state index is 5.59. The molecule has 0 bridgehead atoms. The van der Waals surface area contributed by atoms with Crippen LogP contribution in [0.1, 0.15) is 13.3 Å². The van der Waals surface area contributed by atoms with Crippen LogP contribution in [0.15, 0.2) is 4.99 Å². The molecule has 0 aromatic carbocycles. The van der Waals surface area contributed by atoms with E-state index in [0.29, 0.717) is 25.7 Å². The van der Waals surface area contributed by atoms with Gasteiger partial charge in [-0.05, 0) is 13.3 Å². The quantitative estimate of drug-likeness (QED) is 0.403. The van der Waals surface area contributed by atoms with Crippen LogP contribution in [0.3, 0.4) is 0 Å². The van der Waals surface area contributed by atoms with Gasteiger partial charge in [0.1, 0.15) is 0 Å². The third-order valence-electron chi connectivity index (χ3n) is 3.26. The summed E-state index contributed by atoms with van der Waals surface area (Å²) in [6.07, 6.45) is 1.23. The van der Waals surface area contributed by atoms with Gasteiger partial charge in [0.15, 0.2) is 5.96 Å². The molecule has 2 saturated heterocycles. The van der Waals surface area contributed by atoms with Crippen molar-refractivity contribution in [3.63, 3.8) is 0 Å². The van der Waals surface area contributed by atoms with Crippen LogP contribution in [-0.2, 0) is 14.2 Å². The van der Waals surface area contributed by atoms with Crippen molar-refractivity contribution in [3.05, 3.63) is 0 Å². The first kappa shape index (κ1) is 17.9. The highest BCUT2D eigenvalue weighted by atomic mass is 127. The van der Waals surface area contributed by atoms with E-state index in [1.54, 1.807) is 0 Å². The maximum atomic E-state index is 5.59. The zero-order chi connectivity index (χ0) is 13.3. The fourth-order valence-corrected chi connectivity index (χ4v) is 2.15. The zero-order valence-electron chi connectivity index (χ0n) is 12.1. The largest absolute Gasteiger partial charge is 0.381 e. The van der Waals surface area contributed by atoms with Crippen LogP contribution in [0.4, 0.5) is 0 Å². The molecule has 2 heterocycles. The highest BCUT2D eigenvalue weighted by molar-refractivity contribution is 14.0. The van der Waals surface area contributed by atoms with E-state index in [0.717, 1.165) is 45.2 Å². The van der Waals surface area contributed by atoms with E-state index in [4.69, 9.17) is 14.2 Å². The monoisotopic (exact) mass is 399 g/mol. The van der Waals surface area contributed by atoms with Crippen LogP contribution in [0.2, 0.25) is 0 Å². The molecule has 6 nitrogen and oxygen atoms in total. The molecule has 2 atom stereocenters. The van der Waals surface area contributed by atoms with Crippen molar-refractivity contribution in [2.75, 3.05) is 52.7 Å². The lowest BCUT2D eigenvalue weighted by Gasteiger charge is -2.24. The number of nitrogens with one attached hydrogen (secondary N) is 2. The maximum Gasteiger partial charge on any atom is 0.191 e. The summed E-state index contributed by atoms with van der Waals surface area (Å²) in [6.45, 7) is 8.21. The summed E-state index contributed by atoms with van der Waals surface area (Å²) in [7, 11) is 0. The van der Waals surface area contributed by atoms with Gasteiger partial charge in [0.25, 0.3) is 0 Å². The molecule has 0 aromatic rings. The Morgan fingerprint density at radius 1 is 1.15 bits per heavy atom. The first-order valence-corrected chi connectivity index (χ1v) is 7.17. The predicted octanol–water partition coefficient (Wildman–Crippen LogP) is 0.611. The van der Waals surface area contributed by atoms with Gasteiger partial charge >= 0.3 is 0 Å². The highest BCUT2D eigenvalue weighted by Crippen LogP contribution is 2.11. The number of hydrogen-bond donors (Lipinski definition) is 2. The topological polar surface area (TPSA) is 64.1 Å². The van der Waals surface area contributed by atoms with Gasteiger partial charge in [0.2, 0.25) is 0 Å². The van der Waals surface area contributed by atoms with Crippen LogP contribution in [-0.4, -0.2) is 64.7 Å². The lowest BCUT2D eigenvalue weighted by Crippen LogP contribution is -2.44. The molecule has 0 radical (unpaired) electrons. The number of hydrogen-bond acceptors (Lipinski definition) is 4. The Morgan fingerprint density at radius 2 is 2.00 bits per heavy atom. The van der Waals surface area contributed by atoms with Crippen molar-refractivity contribution in [3.8, 4) is 0 Å². The summed E-state index contributed by atoms with van der Waals surface area (Å²) < 4.78 is 16.3. The van der Waals surface area contributed by atoms with Crippen molar-refractivity contribution >= 4 is 29.9 Å². The van der Waals surface area contributed by atoms with E-state index in [2.05, 4.69) is 22.5 Å². The SMILES string of the molecule is CCNC(=NCC1CCOC1)NCC1COCCO1.I. The van der Waals surface area contributed by atoms with Gasteiger partial charge in [0.05, 0.1) is 32.5 Å². The number of guanidine groups is 1. The smallest absolute Gasteiger partial charge is 0.191 e. The molecular weight excluding hydrogens is 373 g/mol. The summed E-state index contributed by atoms with van der Waals surface area (Å²) in [5.74, 6) is 1.41. The molecule has 0 spiro atoms. The normalized spacial score (nSPS) is 26.9. The van der Waals surface area contributed by atoms with Gasteiger partial charge in [-0.3, -0.25) is 4.99 Å². The second-order valence-electron chi connectivity index (χ2n) is 4.90. The van der Waals surface area contributed by atoms with Crippen LogP contribution in [0, 0.1) is 5.92 Å².